The van der Waals surface area contributed by atoms with Crippen LogP contribution in [-0.4, -0.2) is 10.2 Å². The second-order valence-electron chi connectivity index (χ2n) is 4.60. The van der Waals surface area contributed by atoms with Crippen LogP contribution in [0.25, 0.3) is 0 Å². The highest BCUT2D eigenvalue weighted by atomic mass is 16.5. The highest BCUT2D eigenvalue weighted by Gasteiger charge is 2.26. The zero-order chi connectivity index (χ0) is 13.2. The maximum absolute atomic E-state index is 9.85. The Morgan fingerprint density at radius 3 is 2.00 bits per heavy atom. The molecule has 0 amide bonds. The van der Waals surface area contributed by atoms with Crippen molar-refractivity contribution in [3.05, 3.63) is 54.1 Å². The fourth-order valence-corrected chi connectivity index (χ4v) is 1.86. The SMILES string of the molecule is CC(C)(Oc1ccccc1O)c1ccccc1O. The standard InChI is InChI=1S/C15H16O3/c1-15(2,11-7-3-4-8-12(11)16)18-14-10-6-5-9-13(14)17/h3-10,16-17H,1-2H3. The Morgan fingerprint density at radius 2 is 1.39 bits per heavy atom. The molecule has 0 atom stereocenters. The molecule has 2 rings (SSSR count). The second kappa shape index (κ2) is 4.61. The molecule has 0 aliphatic rings. The molecule has 18 heavy (non-hydrogen) atoms. The molecule has 0 fully saturated rings. The molecule has 0 spiro atoms. The van der Waals surface area contributed by atoms with Gasteiger partial charge in [-0.2, -0.15) is 0 Å². The number of rotatable bonds is 3. The summed E-state index contributed by atoms with van der Waals surface area (Å²) in [5, 5.41) is 19.6. The van der Waals surface area contributed by atoms with Crippen LogP contribution in [0.4, 0.5) is 0 Å². The predicted molar refractivity (Wildman–Crippen MR) is 69.9 cm³/mol. The molecule has 0 unspecified atom stereocenters. The quantitative estimate of drug-likeness (QED) is 0.869. The van der Waals surface area contributed by atoms with Crippen LogP contribution >= 0.6 is 0 Å². The normalized spacial score (nSPS) is 11.2. The van der Waals surface area contributed by atoms with E-state index >= 15 is 0 Å². The minimum absolute atomic E-state index is 0.0843. The third-order valence-electron chi connectivity index (χ3n) is 2.78. The predicted octanol–water partition coefficient (Wildman–Crippen LogP) is 3.41. The number of benzene rings is 2. The van der Waals surface area contributed by atoms with Gasteiger partial charge in [-0.15, -0.1) is 0 Å². The smallest absolute Gasteiger partial charge is 0.162 e. The molecule has 0 aromatic heterocycles. The summed E-state index contributed by atoms with van der Waals surface area (Å²) in [4.78, 5) is 0. The van der Waals surface area contributed by atoms with E-state index in [1.54, 1.807) is 42.5 Å². The van der Waals surface area contributed by atoms with E-state index in [-0.39, 0.29) is 11.5 Å². The van der Waals surface area contributed by atoms with E-state index in [1.807, 2.05) is 19.9 Å². The highest BCUT2D eigenvalue weighted by Crippen LogP contribution is 2.36. The molecule has 0 aliphatic carbocycles. The summed E-state index contributed by atoms with van der Waals surface area (Å²) in [5.41, 5.74) is -0.0577. The first-order valence-electron chi connectivity index (χ1n) is 5.76. The lowest BCUT2D eigenvalue weighted by Crippen LogP contribution is -2.25. The van der Waals surface area contributed by atoms with Gasteiger partial charge in [-0.05, 0) is 32.0 Å². The monoisotopic (exact) mass is 244 g/mol. The van der Waals surface area contributed by atoms with Crippen molar-refractivity contribution >= 4 is 0 Å². The first-order valence-corrected chi connectivity index (χ1v) is 5.76. The first-order chi connectivity index (χ1) is 8.50. The minimum Gasteiger partial charge on any atom is -0.508 e. The third-order valence-corrected chi connectivity index (χ3v) is 2.78. The van der Waals surface area contributed by atoms with Crippen molar-refractivity contribution < 1.29 is 14.9 Å². The first kappa shape index (κ1) is 12.3. The highest BCUT2D eigenvalue weighted by molar-refractivity contribution is 5.41. The van der Waals surface area contributed by atoms with Gasteiger partial charge in [0.15, 0.2) is 11.5 Å². The third kappa shape index (κ3) is 2.40. The second-order valence-corrected chi connectivity index (χ2v) is 4.60. The molecule has 3 heteroatoms. The number of phenols is 2. The molecule has 0 heterocycles. The van der Waals surface area contributed by atoms with Gasteiger partial charge in [0, 0.05) is 5.56 Å². The van der Waals surface area contributed by atoms with Gasteiger partial charge in [0.2, 0.25) is 0 Å². The van der Waals surface area contributed by atoms with Crippen LogP contribution in [0.1, 0.15) is 19.4 Å². The molecular weight excluding hydrogens is 228 g/mol. The Morgan fingerprint density at radius 1 is 0.833 bits per heavy atom. The zero-order valence-electron chi connectivity index (χ0n) is 10.4. The molecule has 94 valence electrons. The van der Waals surface area contributed by atoms with Crippen molar-refractivity contribution in [2.45, 2.75) is 19.4 Å². The lowest BCUT2D eigenvalue weighted by molar-refractivity contribution is 0.101. The van der Waals surface area contributed by atoms with Gasteiger partial charge >= 0.3 is 0 Å². The maximum Gasteiger partial charge on any atom is 0.162 e. The number of phenolic OH excluding ortho intramolecular Hbond substituents is 2. The van der Waals surface area contributed by atoms with Gasteiger partial charge in [0.25, 0.3) is 0 Å². The lowest BCUT2D eigenvalue weighted by atomic mass is 9.97. The van der Waals surface area contributed by atoms with Crippen LogP contribution in [0.2, 0.25) is 0 Å². The van der Waals surface area contributed by atoms with Crippen molar-refractivity contribution in [2.75, 3.05) is 0 Å². The zero-order valence-corrected chi connectivity index (χ0v) is 10.4. The number of hydrogen-bond donors (Lipinski definition) is 2. The van der Waals surface area contributed by atoms with Gasteiger partial charge in [-0.3, -0.25) is 0 Å². The van der Waals surface area contributed by atoms with E-state index in [1.165, 1.54) is 0 Å². The largest absolute Gasteiger partial charge is 0.508 e. The van der Waals surface area contributed by atoms with Gasteiger partial charge < -0.3 is 14.9 Å². The average Bonchev–Trinajstić information content (AvgIpc) is 2.32. The van der Waals surface area contributed by atoms with Crippen LogP contribution in [0.15, 0.2) is 48.5 Å². The number of ether oxygens (including phenoxy) is 1. The molecule has 2 aromatic rings. The van der Waals surface area contributed by atoms with Gasteiger partial charge in [-0.25, -0.2) is 0 Å². The summed E-state index contributed by atoms with van der Waals surface area (Å²) >= 11 is 0. The molecule has 2 N–H and O–H groups in total. The van der Waals surface area contributed by atoms with Crippen LogP contribution < -0.4 is 4.74 Å². The molecule has 0 aliphatic heterocycles. The number of hydrogen-bond acceptors (Lipinski definition) is 3. The Bertz CT molecular complexity index is 547. The Kier molecular flexibility index (Phi) is 3.15. The van der Waals surface area contributed by atoms with Gasteiger partial charge in [-0.1, -0.05) is 30.3 Å². The van der Waals surface area contributed by atoms with E-state index in [4.69, 9.17) is 4.74 Å². The molecule has 3 nitrogen and oxygen atoms in total. The van der Waals surface area contributed by atoms with E-state index in [0.717, 1.165) is 0 Å². The number of para-hydroxylation sites is 3. The van der Waals surface area contributed by atoms with Gasteiger partial charge in [0.05, 0.1) is 0 Å². The Balaban J connectivity index is 2.33. The van der Waals surface area contributed by atoms with Crippen LogP contribution in [0, 0.1) is 0 Å². The maximum atomic E-state index is 9.85. The fourth-order valence-electron chi connectivity index (χ4n) is 1.86. The number of aromatic hydroxyl groups is 2. The molecule has 0 saturated carbocycles. The summed E-state index contributed by atoms with van der Waals surface area (Å²) in [7, 11) is 0. The summed E-state index contributed by atoms with van der Waals surface area (Å²) in [5.74, 6) is 0.657. The molecular formula is C15H16O3. The molecule has 0 bridgehead atoms. The molecule has 0 radical (unpaired) electrons. The molecule has 2 aromatic carbocycles. The van der Waals surface area contributed by atoms with Crippen molar-refractivity contribution in [1.82, 2.24) is 0 Å². The Hall–Kier alpha value is -2.16. The van der Waals surface area contributed by atoms with E-state index in [9.17, 15) is 10.2 Å². The van der Waals surface area contributed by atoms with Crippen molar-refractivity contribution in [3.8, 4) is 17.2 Å². The van der Waals surface area contributed by atoms with E-state index < -0.39 is 5.60 Å². The summed E-state index contributed by atoms with van der Waals surface area (Å²) in [6.45, 7) is 3.68. The van der Waals surface area contributed by atoms with E-state index in [2.05, 4.69) is 0 Å². The minimum atomic E-state index is -0.732. The van der Waals surface area contributed by atoms with Crippen LogP contribution in [0.3, 0.4) is 0 Å². The fraction of sp³-hybridized carbons (Fsp3) is 0.200. The van der Waals surface area contributed by atoms with Crippen LogP contribution in [-0.2, 0) is 5.60 Å². The lowest BCUT2D eigenvalue weighted by Gasteiger charge is -2.27. The van der Waals surface area contributed by atoms with Crippen molar-refractivity contribution in [1.29, 1.82) is 0 Å². The van der Waals surface area contributed by atoms with Crippen molar-refractivity contribution in [2.24, 2.45) is 0 Å². The summed E-state index contributed by atoms with van der Waals surface area (Å²) < 4.78 is 5.79. The molecule has 0 saturated heterocycles. The van der Waals surface area contributed by atoms with Crippen molar-refractivity contribution in [3.63, 3.8) is 0 Å². The average molecular weight is 244 g/mol. The Labute approximate surface area is 106 Å². The van der Waals surface area contributed by atoms with E-state index in [0.29, 0.717) is 11.3 Å². The van der Waals surface area contributed by atoms with Crippen LogP contribution in [0.5, 0.6) is 17.2 Å². The summed E-state index contributed by atoms with van der Waals surface area (Å²) in [6, 6.07) is 13.8. The van der Waals surface area contributed by atoms with Gasteiger partial charge in [0.1, 0.15) is 11.4 Å². The topological polar surface area (TPSA) is 49.7 Å². The summed E-state index contributed by atoms with van der Waals surface area (Å²) in [6.07, 6.45) is 0.